The van der Waals surface area contributed by atoms with Crippen molar-refractivity contribution in [1.82, 2.24) is 20.8 Å². The van der Waals surface area contributed by atoms with Crippen LogP contribution in [-0.4, -0.2) is 36.2 Å². The van der Waals surface area contributed by atoms with E-state index in [-0.39, 0.29) is 11.9 Å². The summed E-state index contributed by atoms with van der Waals surface area (Å²) in [5.41, 5.74) is 2.80. The Bertz CT molecular complexity index is 920. The van der Waals surface area contributed by atoms with Crippen LogP contribution in [0.2, 0.25) is 0 Å². The van der Waals surface area contributed by atoms with Crippen LogP contribution in [0.15, 0.2) is 53.1 Å². The molecule has 1 atom stereocenters. The number of carbonyl (C=O) groups is 1. The molecule has 3 rings (SSSR count). The van der Waals surface area contributed by atoms with E-state index in [1.54, 1.807) is 7.11 Å². The average Bonchev–Trinajstić information content (AvgIpc) is 3.21. The molecule has 152 valence electrons. The maximum atomic E-state index is 12.2. The molecule has 1 aromatic heterocycles. The number of benzene rings is 2. The van der Waals surface area contributed by atoms with Crippen LogP contribution < -0.4 is 15.4 Å². The number of hydrogen-bond donors (Lipinski definition) is 2. The highest BCUT2D eigenvalue weighted by Crippen LogP contribution is 2.18. The molecule has 0 saturated heterocycles. The van der Waals surface area contributed by atoms with Crippen molar-refractivity contribution in [2.24, 2.45) is 0 Å². The average molecular weight is 394 g/mol. The number of nitrogens with one attached hydrogen (secondary N) is 2. The van der Waals surface area contributed by atoms with Crippen molar-refractivity contribution < 1.29 is 14.1 Å². The van der Waals surface area contributed by atoms with E-state index in [4.69, 9.17) is 9.26 Å². The number of carbonyl (C=O) groups excluding carboxylic acids is 1. The smallest absolute Gasteiger partial charge is 0.257 e. The second-order valence-corrected chi connectivity index (χ2v) is 6.91. The van der Waals surface area contributed by atoms with Crippen LogP contribution in [0.5, 0.6) is 5.75 Å². The Hall–Kier alpha value is -3.19. The lowest BCUT2D eigenvalue weighted by Crippen LogP contribution is -2.24. The Morgan fingerprint density at radius 1 is 1.10 bits per heavy atom. The van der Waals surface area contributed by atoms with Crippen LogP contribution in [0.1, 0.15) is 23.9 Å². The summed E-state index contributed by atoms with van der Waals surface area (Å²) in [6, 6.07) is 15.5. The summed E-state index contributed by atoms with van der Waals surface area (Å²) < 4.78 is 10.5. The van der Waals surface area contributed by atoms with Crippen LogP contribution in [0.25, 0.3) is 11.5 Å². The minimum atomic E-state index is -0.0283. The van der Waals surface area contributed by atoms with Gasteiger partial charge in [-0.15, -0.1) is 0 Å². The van der Waals surface area contributed by atoms with Crippen molar-refractivity contribution in [3.63, 3.8) is 0 Å². The van der Waals surface area contributed by atoms with Gasteiger partial charge in [-0.05, 0) is 49.4 Å². The van der Waals surface area contributed by atoms with Gasteiger partial charge in [-0.1, -0.05) is 29.4 Å². The second-order valence-electron chi connectivity index (χ2n) is 6.91. The molecule has 0 aliphatic rings. The topological polar surface area (TPSA) is 89.3 Å². The first-order valence-electron chi connectivity index (χ1n) is 9.56. The summed E-state index contributed by atoms with van der Waals surface area (Å²) in [7, 11) is 3.52. The summed E-state index contributed by atoms with van der Waals surface area (Å²) in [6.45, 7) is 2.53. The van der Waals surface area contributed by atoms with Gasteiger partial charge in [0.25, 0.3) is 5.89 Å². The van der Waals surface area contributed by atoms with Gasteiger partial charge < -0.3 is 19.9 Å². The molecular weight excluding hydrogens is 368 g/mol. The molecular formula is C22H26N4O3. The Kier molecular flexibility index (Phi) is 6.97. The minimum absolute atomic E-state index is 0.0283. The fraction of sp³-hybridized carbons (Fsp3) is 0.318. The molecule has 7 heteroatoms. The monoisotopic (exact) mass is 394 g/mol. The number of hydrogen-bond acceptors (Lipinski definition) is 6. The number of nitrogens with zero attached hydrogens (tertiary/aromatic N) is 2. The largest absolute Gasteiger partial charge is 0.497 e. The highest BCUT2D eigenvalue weighted by Gasteiger charge is 2.11. The van der Waals surface area contributed by atoms with Gasteiger partial charge in [0, 0.05) is 24.6 Å². The first kappa shape index (κ1) is 20.5. The lowest BCUT2D eigenvalue weighted by atomic mass is 10.1. The molecule has 2 N–H and O–H groups in total. The van der Waals surface area contributed by atoms with E-state index in [1.807, 2.05) is 55.6 Å². The molecule has 0 spiro atoms. The lowest BCUT2D eigenvalue weighted by molar-refractivity contribution is -0.120. The van der Waals surface area contributed by atoms with Gasteiger partial charge in [-0.3, -0.25) is 4.79 Å². The van der Waals surface area contributed by atoms with Crippen LogP contribution >= 0.6 is 0 Å². The number of rotatable bonds is 9. The zero-order chi connectivity index (χ0) is 20.6. The van der Waals surface area contributed by atoms with Gasteiger partial charge in [0.2, 0.25) is 5.91 Å². The molecule has 0 bridgehead atoms. The minimum Gasteiger partial charge on any atom is -0.497 e. The Balaban J connectivity index is 1.51. The molecule has 0 fully saturated rings. The molecule has 0 saturated carbocycles. The van der Waals surface area contributed by atoms with E-state index in [1.165, 1.54) is 0 Å². The summed E-state index contributed by atoms with van der Waals surface area (Å²) in [5.74, 6) is 1.92. The van der Waals surface area contributed by atoms with E-state index < -0.39 is 0 Å². The fourth-order valence-electron chi connectivity index (χ4n) is 2.79. The van der Waals surface area contributed by atoms with E-state index in [0.717, 1.165) is 22.4 Å². The number of aromatic nitrogens is 2. The van der Waals surface area contributed by atoms with E-state index in [2.05, 4.69) is 27.7 Å². The Morgan fingerprint density at radius 2 is 1.79 bits per heavy atom. The van der Waals surface area contributed by atoms with Crippen molar-refractivity contribution in [2.75, 3.05) is 14.2 Å². The normalized spacial score (nSPS) is 11.8. The molecule has 2 aromatic carbocycles. The molecule has 29 heavy (non-hydrogen) atoms. The predicted molar refractivity (Wildman–Crippen MR) is 111 cm³/mol. The number of amides is 1. The Labute approximate surface area is 170 Å². The standard InChI is InChI=1S/C22H26N4O3/c1-15(23-2)12-20-25-22(29-26-20)18-8-4-17(5-9-18)14-24-21(27)13-16-6-10-19(28-3)11-7-16/h4-11,15,23H,12-14H2,1-3H3,(H,24,27). The SMILES string of the molecule is CNC(C)Cc1noc(-c2ccc(CNC(=O)Cc3ccc(OC)cc3)cc2)n1. The number of likely N-dealkylation sites (N-methyl/N-ethyl adjacent to an activating group) is 1. The molecule has 1 amide bonds. The van der Waals surface area contributed by atoms with Gasteiger partial charge in [0.1, 0.15) is 5.75 Å². The molecule has 1 heterocycles. The first-order chi connectivity index (χ1) is 14.1. The molecule has 7 nitrogen and oxygen atoms in total. The van der Waals surface area contributed by atoms with Crippen molar-refractivity contribution in [2.45, 2.75) is 32.4 Å². The van der Waals surface area contributed by atoms with E-state index in [9.17, 15) is 4.79 Å². The highest BCUT2D eigenvalue weighted by molar-refractivity contribution is 5.78. The third kappa shape index (κ3) is 5.89. The van der Waals surface area contributed by atoms with Crippen molar-refractivity contribution in [3.8, 4) is 17.2 Å². The van der Waals surface area contributed by atoms with Crippen LogP contribution in [0, 0.1) is 0 Å². The molecule has 3 aromatic rings. The van der Waals surface area contributed by atoms with Gasteiger partial charge in [-0.2, -0.15) is 4.98 Å². The molecule has 0 aliphatic carbocycles. The van der Waals surface area contributed by atoms with E-state index in [0.29, 0.717) is 31.1 Å². The third-order valence-corrected chi connectivity index (χ3v) is 4.66. The van der Waals surface area contributed by atoms with E-state index >= 15 is 0 Å². The second kappa shape index (κ2) is 9.84. The van der Waals surface area contributed by atoms with Gasteiger partial charge in [0.15, 0.2) is 5.82 Å². The summed E-state index contributed by atoms with van der Waals surface area (Å²) in [6.07, 6.45) is 1.04. The maximum absolute atomic E-state index is 12.2. The van der Waals surface area contributed by atoms with Crippen molar-refractivity contribution in [3.05, 3.63) is 65.5 Å². The number of ether oxygens (including phenoxy) is 1. The predicted octanol–water partition coefficient (Wildman–Crippen LogP) is 2.75. The van der Waals surface area contributed by atoms with Crippen molar-refractivity contribution in [1.29, 1.82) is 0 Å². The lowest BCUT2D eigenvalue weighted by Gasteiger charge is -2.07. The highest BCUT2D eigenvalue weighted by atomic mass is 16.5. The first-order valence-corrected chi connectivity index (χ1v) is 9.56. The van der Waals surface area contributed by atoms with Crippen LogP contribution in [-0.2, 0) is 24.2 Å². The number of methoxy groups -OCH3 is 1. The molecule has 1 unspecified atom stereocenters. The van der Waals surface area contributed by atoms with Gasteiger partial charge in [0.05, 0.1) is 13.5 Å². The van der Waals surface area contributed by atoms with Gasteiger partial charge in [-0.25, -0.2) is 0 Å². The molecule has 0 radical (unpaired) electrons. The summed E-state index contributed by atoms with van der Waals surface area (Å²) in [4.78, 5) is 16.6. The van der Waals surface area contributed by atoms with Crippen LogP contribution in [0.4, 0.5) is 0 Å². The Morgan fingerprint density at radius 3 is 2.45 bits per heavy atom. The third-order valence-electron chi connectivity index (χ3n) is 4.66. The zero-order valence-corrected chi connectivity index (χ0v) is 16.9. The summed E-state index contributed by atoms with van der Waals surface area (Å²) in [5, 5.41) is 10.1. The van der Waals surface area contributed by atoms with Crippen LogP contribution in [0.3, 0.4) is 0 Å². The quantitative estimate of drug-likeness (QED) is 0.580. The molecule has 0 aliphatic heterocycles. The fourth-order valence-corrected chi connectivity index (χ4v) is 2.79. The zero-order valence-electron chi connectivity index (χ0n) is 16.9. The maximum Gasteiger partial charge on any atom is 0.257 e. The van der Waals surface area contributed by atoms with Gasteiger partial charge >= 0.3 is 0 Å². The summed E-state index contributed by atoms with van der Waals surface area (Å²) >= 11 is 0. The van der Waals surface area contributed by atoms with Crippen molar-refractivity contribution >= 4 is 5.91 Å².